The first kappa shape index (κ1) is 14.0. The molecule has 21 heavy (non-hydrogen) atoms. The van der Waals surface area contributed by atoms with Gasteiger partial charge in [-0.05, 0) is 42.7 Å². The summed E-state index contributed by atoms with van der Waals surface area (Å²) in [6, 6.07) is 13.4. The summed E-state index contributed by atoms with van der Waals surface area (Å²) in [7, 11) is 1.81. The molecule has 108 valence electrons. The van der Waals surface area contributed by atoms with Gasteiger partial charge in [-0.25, -0.2) is 0 Å². The standard InChI is InChI=1S/C17H17ClN2O/c1-19-15-9-8-13(18)11-14(15)17(21)20-10-4-6-12-5-2-3-7-16(12)20/h2-3,5,7-9,11,19H,4,6,10H2,1H3. The van der Waals surface area contributed by atoms with Crippen molar-refractivity contribution in [2.24, 2.45) is 0 Å². The highest BCUT2D eigenvalue weighted by Crippen LogP contribution is 2.30. The number of carbonyl (C=O) groups is 1. The Kier molecular flexibility index (Phi) is 3.84. The van der Waals surface area contributed by atoms with Gasteiger partial charge in [0.05, 0.1) is 5.56 Å². The molecule has 3 rings (SSSR count). The number of amides is 1. The Morgan fingerprint density at radius 3 is 2.86 bits per heavy atom. The average molecular weight is 301 g/mol. The fourth-order valence-corrected chi connectivity index (χ4v) is 2.97. The maximum atomic E-state index is 12.9. The molecule has 1 amide bonds. The number of hydrogen-bond donors (Lipinski definition) is 1. The van der Waals surface area contributed by atoms with Crippen LogP contribution in [-0.2, 0) is 6.42 Å². The Balaban J connectivity index is 2.02. The first-order chi connectivity index (χ1) is 10.2. The van der Waals surface area contributed by atoms with Crippen molar-refractivity contribution in [1.29, 1.82) is 0 Å². The summed E-state index contributed by atoms with van der Waals surface area (Å²) in [6.07, 6.45) is 2.01. The predicted octanol–water partition coefficient (Wildman–Crippen LogP) is 3.97. The molecule has 0 spiro atoms. The number of nitrogens with zero attached hydrogens (tertiary/aromatic N) is 1. The molecule has 0 fully saturated rings. The second kappa shape index (κ2) is 5.78. The Morgan fingerprint density at radius 1 is 1.24 bits per heavy atom. The first-order valence-electron chi connectivity index (χ1n) is 7.08. The van der Waals surface area contributed by atoms with Gasteiger partial charge >= 0.3 is 0 Å². The van der Waals surface area contributed by atoms with E-state index in [0.717, 1.165) is 30.8 Å². The molecular formula is C17H17ClN2O. The molecule has 0 unspecified atom stereocenters. The van der Waals surface area contributed by atoms with Crippen LogP contribution in [0.3, 0.4) is 0 Å². The van der Waals surface area contributed by atoms with E-state index in [0.29, 0.717) is 10.6 Å². The summed E-state index contributed by atoms with van der Waals surface area (Å²) >= 11 is 6.06. The lowest BCUT2D eigenvalue weighted by molar-refractivity contribution is 0.0986. The van der Waals surface area contributed by atoms with Crippen molar-refractivity contribution in [3.63, 3.8) is 0 Å². The van der Waals surface area contributed by atoms with Gasteiger partial charge in [-0.15, -0.1) is 0 Å². The molecule has 1 aliphatic heterocycles. The predicted molar refractivity (Wildman–Crippen MR) is 87.4 cm³/mol. The van der Waals surface area contributed by atoms with E-state index < -0.39 is 0 Å². The number of aryl methyl sites for hydroxylation is 1. The maximum absolute atomic E-state index is 12.9. The van der Waals surface area contributed by atoms with Crippen LogP contribution in [0.5, 0.6) is 0 Å². The van der Waals surface area contributed by atoms with Crippen LogP contribution in [-0.4, -0.2) is 19.5 Å². The normalized spacial score (nSPS) is 13.7. The number of hydrogen-bond acceptors (Lipinski definition) is 2. The maximum Gasteiger partial charge on any atom is 0.260 e. The fraction of sp³-hybridized carbons (Fsp3) is 0.235. The van der Waals surface area contributed by atoms with E-state index in [9.17, 15) is 4.79 Å². The highest BCUT2D eigenvalue weighted by atomic mass is 35.5. The Bertz CT molecular complexity index is 684. The van der Waals surface area contributed by atoms with Crippen LogP contribution in [0.2, 0.25) is 5.02 Å². The molecule has 0 radical (unpaired) electrons. The number of nitrogens with one attached hydrogen (secondary N) is 1. The topological polar surface area (TPSA) is 32.3 Å². The zero-order valence-electron chi connectivity index (χ0n) is 11.9. The smallest absolute Gasteiger partial charge is 0.260 e. The van der Waals surface area contributed by atoms with E-state index in [4.69, 9.17) is 11.6 Å². The molecule has 0 aliphatic carbocycles. The monoisotopic (exact) mass is 300 g/mol. The number of anilines is 2. The number of halogens is 1. The van der Waals surface area contributed by atoms with Crippen LogP contribution in [0, 0.1) is 0 Å². The number of para-hydroxylation sites is 1. The van der Waals surface area contributed by atoms with Gasteiger partial charge in [0.25, 0.3) is 5.91 Å². The van der Waals surface area contributed by atoms with Crippen LogP contribution in [0.4, 0.5) is 11.4 Å². The van der Waals surface area contributed by atoms with E-state index in [2.05, 4.69) is 11.4 Å². The number of fused-ring (bicyclic) bond motifs is 1. The van der Waals surface area contributed by atoms with Gasteiger partial charge in [0.1, 0.15) is 0 Å². The van der Waals surface area contributed by atoms with E-state index >= 15 is 0 Å². The molecular weight excluding hydrogens is 284 g/mol. The molecule has 2 aromatic rings. The molecule has 2 aromatic carbocycles. The Morgan fingerprint density at radius 2 is 2.05 bits per heavy atom. The third-order valence-corrected chi connectivity index (χ3v) is 4.07. The molecule has 0 saturated carbocycles. The fourth-order valence-electron chi connectivity index (χ4n) is 2.80. The highest BCUT2D eigenvalue weighted by molar-refractivity contribution is 6.31. The second-order valence-corrected chi connectivity index (χ2v) is 5.57. The molecule has 4 heteroatoms. The van der Waals surface area contributed by atoms with Gasteiger partial charge in [-0.1, -0.05) is 29.8 Å². The molecule has 1 aliphatic rings. The van der Waals surface area contributed by atoms with Gasteiger partial charge < -0.3 is 10.2 Å². The van der Waals surface area contributed by atoms with Crippen molar-refractivity contribution < 1.29 is 4.79 Å². The van der Waals surface area contributed by atoms with Gasteiger partial charge in [0.15, 0.2) is 0 Å². The van der Waals surface area contributed by atoms with Crippen LogP contribution < -0.4 is 10.2 Å². The third kappa shape index (κ3) is 2.61. The molecule has 0 saturated heterocycles. The van der Waals surface area contributed by atoms with Crippen LogP contribution in [0.25, 0.3) is 0 Å². The molecule has 0 bridgehead atoms. The minimum atomic E-state index is -0.00556. The quantitative estimate of drug-likeness (QED) is 0.910. The van der Waals surface area contributed by atoms with E-state index in [-0.39, 0.29) is 5.91 Å². The average Bonchev–Trinajstić information content (AvgIpc) is 2.53. The number of benzene rings is 2. The zero-order valence-corrected chi connectivity index (χ0v) is 12.7. The summed E-state index contributed by atoms with van der Waals surface area (Å²) in [6.45, 7) is 0.742. The van der Waals surface area contributed by atoms with Crippen molar-refractivity contribution in [2.75, 3.05) is 23.8 Å². The molecule has 0 atom stereocenters. The van der Waals surface area contributed by atoms with E-state index in [1.165, 1.54) is 5.56 Å². The molecule has 1 N–H and O–H groups in total. The largest absolute Gasteiger partial charge is 0.387 e. The minimum absolute atomic E-state index is 0.00556. The third-order valence-electron chi connectivity index (χ3n) is 3.84. The minimum Gasteiger partial charge on any atom is -0.387 e. The molecule has 0 aromatic heterocycles. The second-order valence-electron chi connectivity index (χ2n) is 5.13. The van der Waals surface area contributed by atoms with Crippen molar-refractivity contribution in [2.45, 2.75) is 12.8 Å². The van der Waals surface area contributed by atoms with Crippen molar-refractivity contribution in [1.82, 2.24) is 0 Å². The number of rotatable bonds is 2. The van der Waals surface area contributed by atoms with E-state index in [1.807, 2.05) is 36.2 Å². The van der Waals surface area contributed by atoms with Gasteiger partial charge in [-0.2, -0.15) is 0 Å². The van der Waals surface area contributed by atoms with E-state index in [1.54, 1.807) is 12.1 Å². The Hall–Kier alpha value is -2.00. The Labute approximate surface area is 129 Å². The summed E-state index contributed by atoms with van der Waals surface area (Å²) < 4.78 is 0. The van der Waals surface area contributed by atoms with Gasteiger partial charge in [-0.3, -0.25) is 4.79 Å². The highest BCUT2D eigenvalue weighted by Gasteiger charge is 2.24. The van der Waals surface area contributed by atoms with Crippen LogP contribution in [0.1, 0.15) is 22.3 Å². The van der Waals surface area contributed by atoms with Gasteiger partial charge in [0.2, 0.25) is 0 Å². The van der Waals surface area contributed by atoms with Crippen molar-refractivity contribution in [3.8, 4) is 0 Å². The first-order valence-corrected chi connectivity index (χ1v) is 7.45. The summed E-state index contributed by atoms with van der Waals surface area (Å²) in [4.78, 5) is 14.8. The van der Waals surface area contributed by atoms with Gasteiger partial charge in [0, 0.05) is 30.0 Å². The van der Waals surface area contributed by atoms with Crippen LogP contribution in [0.15, 0.2) is 42.5 Å². The zero-order chi connectivity index (χ0) is 14.8. The number of carbonyl (C=O) groups excluding carboxylic acids is 1. The summed E-state index contributed by atoms with van der Waals surface area (Å²) in [5, 5.41) is 3.63. The van der Waals surface area contributed by atoms with Crippen molar-refractivity contribution in [3.05, 3.63) is 58.6 Å². The molecule has 3 nitrogen and oxygen atoms in total. The SMILES string of the molecule is CNc1ccc(Cl)cc1C(=O)N1CCCc2ccccc21. The van der Waals surface area contributed by atoms with Crippen molar-refractivity contribution >= 4 is 28.9 Å². The molecule has 1 heterocycles. The van der Waals surface area contributed by atoms with Crippen LogP contribution >= 0.6 is 11.6 Å². The summed E-state index contributed by atoms with van der Waals surface area (Å²) in [5.74, 6) is -0.00556. The summed E-state index contributed by atoms with van der Waals surface area (Å²) in [5.41, 5.74) is 3.65. The lowest BCUT2D eigenvalue weighted by Gasteiger charge is -2.30. The lowest BCUT2D eigenvalue weighted by Crippen LogP contribution is -2.35. The lowest BCUT2D eigenvalue weighted by atomic mass is 10.0.